The summed E-state index contributed by atoms with van der Waals surface area (Å²) in [6, 6.07) is 3.02. The number of amidine groups is 1. The van der Waals surface area contributed by atoms with Crippen molar-refractivity contribution < 1.29 is 32.2 Å². The number of ether oxygens (including phenoxy) is 2. The summed E-state index contributed by atoms with van der Waals surface area (Å²) in [7, 11) is -2.42. The largest absolute Gasteiger partial charge is 0.466 e. The fourth-order valence-electron chi connectivity index (χ4n) is 6.43. The van der Waals surface area contributed by atoms with Crippen LogP contribution in [0.2, 0.25) is 5.02 Å². The van der Waals surface area contributed by atoms with E-state index in [2.05, 4.69) is 16.9 Å². The average Bonchev–Trinajstić information content (AvgIpc) is 3.43. The van der Waals surface area contributed by atoms with Crippen LogP contribution < -0.4 is 5.32 Å². The van der Waals surface area contributed by atoms with Gasteiger partial charge in [0.15, 0.2) is 16.6 Å². The van der Waals surface area contributed by atoms with Crippen LogP contribution in [-0.4, -0.2) is 72.5 Å². The van der Waals surface area contributed by atoms with E-state index in [0.717, 1.165) is 0 Å². The molecule has 2 unspecified atom stereocenters. The Bertz CT molecular complexity index is 1630. The van der Waals surface area contributed by atoms with E-state index in [1.54, 1.807) is 17.7 Å². The van der Waals surface area contributed by atoms with E-state index in [1.807, 2.05) is 6.92 Å². The first-order chi connectivity index (χ1) is 20.4. The van der Waals surface area contributed by atoms with Gasteiger partial charge in [0.25, 0.3) is 0 Å². The molecule has 1 aromatic heterocycles. The number of hydrogen-bond donors (Lipinski definition) is 2. The maximum absolute atomic E-state index is 14.0. The van der Waals surface area contributed by atoms with Gasteiger partial charge in [0.05, 0.1) is 25.5 Å². The second kappa shape index (κ2) is 11.3. The lowest BCUT2D eigenvalue weighted by Crippen LogP contribution is -2.77. The van der Waals surface area contributed by atoms with E-state index in [1.165, 1.54) is 61.1 Å². The highest BCUT2D eigenvalue weighted by molar-refractivity contribution is 7.88. The van der Waals surface area contributed by atoms with Gasteiger partial charge in [-0.25, -0.2) is 22.6 Å². The number of esters is 1. The van der Waals surface area contributed by atoms with Crippen molar-refractivity contribution >= 4 is 44.8 Å². The predicted octanol–water partition coefficient (Wildman–Crippen LogP) is 4.58. The van der Waals surface area contributed by atoms with Gasteiger partial charge in [0.1, 0.15) is 11.9 Å². The molecule has 0 spiro atoms. The van der Waals surface area contributed by atoms with Gasteiger partial charge in [-0.2, -0.15) is 4.31 Å². The molecule has 2 N–H and O–H groups in total. The second-order valence-electron chi connectivity index (χ2n) is 12.7. The van der Waals surface area contributed by atoms with Crippen LogP contribution in [-0.2, 0) is 24.3 Å². The molecule has 44 heavy (non-hydrogen) atoms. The van der Waals surface area contributed by atoms with Crippen molar-refractivity contribution in [3.05, 3.63) is 75.1 Å². The molecule has 2 atom stereocenters. The maximum Gasteiger partial charge on any atom is 0.338 e. The van der Waals surface area contributed by atoms with Crippen LogP contribution in [0.15, 0.2) is 58.7 Å². The second-order valence-corrected chi connectivity index (χ2v) is 15.9. The minimum absolute atomic E-state index is 0.0557. The number of aliphatic imine (C=N–C) groups is 1. The van der Waals surface area contributed by atoms with Gasteiger partial charge in [-0.1, -0.05) is 30.7 Å². The Morgan fingerprint density at radius 1 is 1.34 bits per heavy atom. The first-order valence-corrected chi connectivity index (χ1v) is 17.1. The lowest BCUT2D eigenvalue weighted by molar-refractivity contribution is -0.200. The number of aliphatic hydroxyl groups is 1. The van der Waals surface area contributed by atoms with E-state index in [9.17, 15) is 22.7 Å². The molecular formula is C30H36ClFN4O6S2. The molecule has 238 valence electrons. The summed E-state index contributed by atoms with van der Waals surface area (Å²) in [6.45, 7) is 8.91. The van der Waals surface area contributed by atoms with Crippen molar-refractivity contribution in [3.8, 4) is 0 Å². The fourth-order valence-corrected chi connectivity index (χ4v) is 8.71. The van der Waals surface area contributed by atoms with Crippen molar-refractivity contribution in [2.45, 2.75) is 57.4 Å². The molecule has 3 saturated carbocycles. The number of sulfonamides is 1. The Labute approximate surface area is 265 Å². The molecule has 2 aromatic rings. The van der Waals surface area contributed by atoms with Gasteiger partial charge >= 0.3 is 5.97 Å². The number of allylic oxidation sites excluding steroid dienone is 1. The molecule has 3 fully saturated rings. The zero-order valence-corrected chi connectivity index (χ0v) is 27.6. The Morgan fingerprint density at radius 3 is 2.55 bits per heavy atom. The highest BCUT2D eigenvalue weighted by Crippen LogP contribution is 2.74. The number of thiazole rings is 1. The monoisotopic (exact) mass is 666 g/mol. The van der Waals surface area contributed by atoms with Gasteiger partial charge < -0.3 is 19.9 Å². The molecule has 2 bridgehead atoms. The number of methoxy groups -OCH3 is 1. The molecule has 10 nitrogen and oxygen atoms in total. The SMILES string of the molecule is C=CC(C)(COC(C)(C)O)CN(C12CC(C3=C(C(=O)OC)C(c4ccc(F)cc4Cl)N=C(c4nccs4)N3)(C1)C2)S(C)(=O)=O. The topological polar surface area (TPSA) is 130 Å². The van der Waals surface area contributed by atoms with Gasteiger partial charge in [-0.3, -0.25) is 4.99 Å². The minimum Gasteiger partial charge on any atom is -0.466 e. The van der Waals surface area contributed by atoms with E-state index >= 15 is 0 Å². The number of benzene rings is 1. The lowest BCUT2D eigenvalue weighted by Gasteiger charge is -2.74. The Balaban J connectivity index is 1.53. The van der Waals surface area contributed by atoms with Crippen LogP contribution in [0.5, 0.6) is 0 Å². The molecule has 6 rings (SSSR count). The van der Waals surface area contributed by atoms with Crippen LogP contribution >= 0.6 is 22.9 Å². The Kier molecular flexibility index (Phi) is 8.39. The number of hydrogen-bond acceptors (Lipinski definition) is 10. The predicted molar refractivity (Wildman–Crippen MR) is 166 cm³/mol. The molecule has 1 aliphatic heterocycles. The van der Waals surface area contributed by atoms with E-state index in [0.29, 0.717) is 41.4 Å². The van der Waals surface area contributed by atoms with Crippen molar-refractivity contribution in [2.75, 3.05) is 26.5 Å². The van der Waals surface area contributed by atoms with Crippen molar-refractivity contribution in [1.29, 1.82) is 0 Å². The molecule has 0 saturated heterocycles. The fraction of sp³-hybridized carbons (Fsp3) is 0.500. The van der Waals surface area contributed by atoms with Crippen LogP contribution in [0.1, 0.15) is 56.6 Å². The average molecular weight is 667 g/mol. The van der Waals surface area contributed by atoms with Crippen LogP contribution in [0.3, 0.4) is 0 Å². The molecular weight excluding hydrogens is 631 g/mol. The quantitative estimate of drug-likeness (QED) is 0.191. The third-order valence-electron chi connectivity index (χ3n) is 8.56. The molecule has 0 amide bonds. The third-order valence-corrected chi connectivity index (χ3v) is 11.0. The highest BCUT2D eigenvalue weighted by atomic mass is 35.5. The smallest absolute Gasteiger partial charge is 0.338 e. The highest BCUT2D eigenvalue weighted by Gasteiger charge is 2.74. The van der Waals surface area contributed by atoms with E-state index < -0.39 is 50.0 Å². The van der Waals surface area contributed by atoms with Crippen LogP contribution in [0.4, 0.5) is 4.39 Å². The number of carbonyl (C=O) groups excluding carboxylic acids is 1. The van der Waals surface area contributed by atoms with Crippen molar-refractivity contribution in [2.24, 2.45) is 15.8 Å². The van der Waals surface area contributed by atoms with Crippen LogP contribution in [0.25, 0.3) is 0 Å². The van der Waals surface area contributed by atoms with Crippen molar-refractivity contribution in [3.63, 3.8) is 0 Å². The number of halogens is 2. The number of nitrogens with zero attached hydrogens (tertiary/aromatic N) is 3. The summed E-state index contributed by atoms with van der Waals surface area (Å²) < 4.78 is 52.8. The number of nitrogens with one attached hydrogen (secondary N) is 1. The van der Waals surface area contributed by atoms with Gasteiger partial charge in [-0.15, -0.1) is 17.9 Å². The summed E-state index contributed by atoms with van der Waals surface area (Å²) in [4.78, 5) is 22.6. The third kappa shape index (κ3) is 5.97. The Hall–Kier alpha value is -2.68. The number of rotatable bonds is 12. The van der Waals surface area contributed by atoms with E-state index in [4.69, 9.17) is 26.1 Å². The summed E-state index contributed by atoms with van der Waals surface area (Å²) >= 11 is 7.85. The van der Waals surface area contributed by atoms with Gasteiger partial charge in [0, 0.05) is 50.8 Å². The van der Waals surface area contributed by atoms with Crippen molar-refractivity contribution in [1.82, 2.24) is 14.6 Å². The Morgan fingerprint density at radius 2 is 2.02 bits per heavy atom. The zero-order chi connectivity index (χ0) is 32.3. The normalized spacial score (nSPS) is 26.2. The minimum atomic E-state index is -3.69. The first-order valence-electron chi connectivity index (χ1n) is 14.0. The summed E-state index contributed by atoms with van der Waals surface area (Å²) in [5.74, 6) is -2.12. The molecule has 1 aromatic carbocycles. The molecule has 14 heteroatoms. The van der Waals surface area contributed by atoms with Gasteiger partial charge in [-0.05, 0) is 45.2 Å². The molecule has 0 radical (unpaired) electrons. The summed E-state index contributed by atoms with van der Waals surface area (Å²) in [5.41, 5.74) is -0.836. The summed E-state index contributed by atoms with van der Waals surface area (Å²) in [5, 5.41) is 16.0. The molecule has 4 aliphatic rings. The summed E-state index contributed by atoms with van der Waals surface area (Å²) in [6.07, 6.45) is 5.77. The molecule has 2 heterocycles. The zero-order valence-electron chi connectivity index (χ0n) is 25.2. The number of carbonyl (C=O) groups is 1. The maximum atomic E-state index is 14.0. The lowest BCUT2D eigenvalue weighted by atomic mass is 9.37. The van der Waals surface area contributed by atoms with Crippen LogP contribution in [0, 0.1) is 16.6 Å². The number of aromatic nitrogens is 1. The standard InChI is InChI=1S/C30H36ClFN4O6S2/c1-7-28(4,17-42-27(2,3)38)16-36(44(6,39)40)30-13-29(14-30,15-30)23-21(26(37)41-5)22(19-9-8-18(32)12-20(19)31)34-24(35-23)25-33-10-11-43-25/h7-12,22,38H,1,13-17H2,2-6H3,(H,34,35). The van der Waals surface area contributed by atoms with Gasteiger partial charge in [0.2, 0.25) is 10.0 Å². The van der Waals surface area contributed by atoms with E-state index in [-0.39, 0.29) is 23.7 Å². The first kappa shape index (κ1) is 32.7. The molecule has 3 aliphatic carbocycles.